The molecule has 1 atom stereocenters. The Morgan fingerprint density at radius 3 is 2.43 bits per heavy atom. The van der Waals surface area contributed by atoms with Gasteiger partial charge in [-0.15, -0.1) is 0 Å². The highest BCUT2D eigenvalue weighted by molar-refractivity contribution is 5.94. The number of carbonyl (C=O) groups is 2. The smallest absolute Gasteiger partial charge is 0.303 e. The number of aliphatic carboxylic acids is 1. The zero-order valence-electron chi connectivity index (χ0n) is 13.5. The lowest BCUT2D eigenvalue weighted by molar-refractivity contribution is -0.137. The van der Waals surface area contributed by atoms with Crippen molar-refractivity contribution in [3.8, 4) is 5.69 Å². The molecule has 0 fully saturated rings. The molecule has 0 saturated carbocycles. The van der Waals surface area contributed by atoms with Crippen LogP contribution in [0.25, 0.3) is 5.69 Å². The fourth-order valence-corrected chi connectivity index (χ4v) is 2.36. The van der Waals surface area contributed by atoms with Gasteiger partial charge >= 0.3 is 5.97 Å². The fraction of sp³-hybridized carbons (Fsp3) is 0.353. The lowest BCUT2D eigenvalue weighted by Crippen LogP contribution is -2.32. The first-order valence-corrected chi connectivity index (χ1v) is 7.53. The zero-order chi connectivity index (χ0) is 17.0. The molecule has 0 aliphatic carbocycles. The molecule has 2 aromatic rings. The van der Waals surface area contributed by atoms with Crippen LogP contribution in [-0.2, 0) is 4.79 Å². The summed E-state index contributed by atoms with van der Waals surface area (Å²) in [7, 11) is 0. The van der Waals surface area contributed by atoms with Gasteiger partial charge in [-0.3, -0.25) is 9.59 Å². The van der Waals surface area contributed by atoms with E-state index in [-0.39, 0.29) is 18.4 Å². The van der Waals surface area contributed by atoms with Crippen LogP contribution in [0.2, 0.25) is 0 Å². The summed E-state index contributed by atoms with van der Waals surface area (Å²) in [5, 5.41) is 15.9. The Hall–Kier alpha value is -2.63. The normalized spacial score (nSPS) is 12.0. The van der Waals surface area contributed by atoms with E-state index in [1.165, 1.54) is 0 Å². The van der Waals surface area contributed by atoms with Gasteiger partial charge in [-0.1, -0.05) is 0 Å². The van der Waals surface area contributed by atoms with Crippen LogP contribution in [0.3, 0.4) is 0 Å². The zero-order valence-corrected chi connectivity index (χ0v) is 13.5. The number of aromatic nitrogens is 2. The van der Waals surface area contributed by atoms with Gasteiger partial charge in [-0.25, -0.2) is 4.68 Å². The lowest BCUT2D eigenvalue weighted by Gasteiger charge is -2.13. The highest BCUT2D eigenvalue weighted by Gasteiger charge is 2.12. The van der Waals surface area contributed by atoms with Crippen LogP contribution < -0.4 is 5.32 Å². The largest absolute Gasteiger partial charge is 0.481 e. The van der Waals surface area contributed by atoms with Gasteiger partial charge in [0.25, 0.3) is 5.91 Å². The topological polar surface area (TPSA) is 84.2 Å². The standard InChI is InChI=1S/C17H21N3O3/c1-11(4-9-16(21)22)18-17(23)14-5-7-15(8-6-14)20-13(3)10-12(2)19-20/h5-8,10-11H,4,9H2,1-3H3,(H,18,23)(H,21,22). The van der Waals surface area contributed by atoms with Gasteiger partial charge in [0, 0.05) is 23.7 Å². The molecule has 1 heterocycles. The first-order chi connectivity index (χ1) is 10.9. The summed E-state index contributed by atoms with van der Waals surface area (Å²) >= 11 is 0. The Bertz CT molecular complexity index is 704. The molecule has 6 nitrogen and oxygen atoms in total. The second kappa shape index (κ2) is 7.09. The third-order valence-electron chi connectivity index (χ3n) is 3.55. The summed E-state index contributed by atoms with van der Waals surface area (Å²) in [6.07, 6.45) is 0.448. The van der Waals surface area contributed by atoms with E-state index in [4.69, 9.17) is 5.11 Å². The molecule has 2 N–H and O–H groups in total. The average molecular weight is 315 g/mol. The average Bonchev–Trinajstić information content (AvgIpc) is 2.84. The quantitative estimate of drug-likeness (QED) is 0.857. The molecule has 0 radical (unpaired) electrons. The van der Waals surface area contributed by atoms with Crippen LogP contribution in [0, 0.1) is 13.8 Å². The van der Waals surface area contributed by atoms with E-state index in [1.807, 2.05) is 36.7 Å². The van der Waals surface area contributed by atoms with E-state index in [1.54, 1.807) is 19.1 Å². The van der Waals surface area contributed by atoms with E-state index in [0.717, 1.165) is 17.1 Å². The van der Waals surface area contributed by atoms with E-state index in [2.05, 4.69) is 10.4 Å². The molecular weight excluding hydrogens is 294 g/mol. The monoisotopic (exact) mass is 315 g/mol. The first-order valence-electron chi connectivity index (χ1n) is 7.53. The third kappa shape index (κ3) is 4.42. The minimum Gasteiger partial charge on any atom is -0.481 e. The summed E-state index contributed by atoms with van der Waals surface area (Å²) in [5.41, 5.74) is 3.40. The second-order valence-corrected chi connectivity index (χ2v) is 5.69. The van der Waals surface area contributed by atoms with E-state index in [9.17, 15) is 9.59 Å². The van der Waals surface area contributed by atoms with Gasteiger partial charge in [0.05, 0.1) is 11.4 Å². The summed E-state index contributed by atoms with van der Waals surface area (Å²) in [6, 6.07) is 8.97. The molecule has 0 aliphatic rings. The third-order valence-corrected chi connectivity index (χ3v) is 3.55. The van der Waals surface area contributed by atoms with E-state index in [0.29, 0.717) is 12.0 Å². The molecule has 122 valence electrons. The Kier molecular flexibility index (Phi) is 5.16. The predicted octanol–water partition coefficient (Wildman–Crippen LogP) is 2.47. The van der Waals surface area contributed by atoms with E-state index < -0.39 is 5.97 Å². The molecule has 0 spiro atoms. The Morgan fingerprint density at radius 2 is 1.91 bits per heavy atom. The Balaban J connectivity index is 2.03. The van der Waals surface area contributed by atoms with Crippen LogP contribution in [-0.4, -0.2) is 32.8 Å². The minimum absolute atomic E-state index is 0.0400. The maximum Gasteiger partial charge on any atom is 0.303 e. The molecule has 1 aromatic carbocycles. The number of hydrogen-bond donors (Lipinski definition) is 2. The molecule has 0 aliphatic heterocycles. The van der Waals surface area contributed by atoms with Crippen molar-refractivity contribution >= 4 is 11.9 Å². The summed E-state index contributed by atoms with van der Waals surface area (Å²) in [4.78, 5) is 22.7. The van der Waals surface area contributed by atoms with Crippen LogP contribution in [0.15, 0.2) is 30.3 Å². The number of hydrogen-bond acceptors (Lipinski definition) is 3. The number of carboxylic acids is 1. The first kappa shape index (κ1) is 16.7. The number of carboxylic acid groups (broad SMARTS) is 1. The molecule has 0 bridgehead atoms. The van der Waals surface area contributed by atoms with Crippen molar-refractivity contribution in [2.75, 3.05) is 0 Å². The summed E-state index contributed by atoms with van der Waals surface area (Å²) in [6.45, 7) is 5.71. The van der Waals surface area contributed by atoms with Crippen LogP contribution >= 0.6 is 0 Å². The Morgan fingerprint density at radius 1 is 1.26 bits per heavy atom. The van der Waals surface area contributed by atoms with Crippen molar-refractivity contribution < 1.29 is 14.7 Å². The lowest BCUT2D eigenvalue weighted by atomic mass is 10.1. The number of benzene rings is 1. The molecule has 1 unspecified atom stereocenters. The molecule has 1 aromatic heterocycles. The molecule has 6 heteroatoms. The molecule has 1 amide bonds. The van der Waals surface area contributed by atoms with Gasteiger partial charge in [-0.2, -0.15) is 5.10 Å². The number of nitrogens with zero attached hydrogens (tertiary/aromatic N) is 2. The molecule has 0 saturated heterocycles. The highest BCUT2D eigenvalue weighted by Crippen LogP contribution is 2.13. The number of amides is 1. The fourth-order valence-electron chi connectivity index (χ4n) is 2.36. The van der Waals surface area contributed by atoms with Gasteiger partial charge in [0.2, 0.25) is 0 Å². The molecule has 23 heavy (non-hydrogen) atoms. The van der Waals surface area contributed by atoms with Crippen molar-refractivity contribution in [1.29, 1.82) is 0 Å². The van der Waals surface area contributed by atoms with Crippen LogP contribution in [0.1, 0.15) is 41.5 Å². The number of carbonyl (C=O) groups excluding carboxylic acids is 1. The van der Waals surface area contributed by atoms with Crippen molar-refractivity contribution in [1.82, 2.24) is 15.1 Å². The maximum atomic E-state index is 12.1. The number of nitrogens with one attached hydrogen (secondary N) is 1. The van der Waals surface area contributed by atoms with Crippen molar-refractivity contribution in [3.63, 3.8) is 0 Å². The maximum absolute atomic E-state index is 12.1. The number of aryl methyl sites for hydroxylation is 2. The van der Waals surface area contributed by atoms with Crippen LogP contribution in [0.5, 0.6) is 0 Å². The number of rotatable bonds is 6. The Labute approximate surface area is 135 Å². The van der Waals surface area contributed by atoms with Crippen molar-refractivity contribution in [2.45, 2.75) is 39.7 Å². The summed E-state index contributed by atoms with van der Waals surface area (Å²) in [5.74, 6) is -1.07. The SMILES string of the molecule is Cc1cc(C)n(-c2ccc(C(=O)NC(C)CCC(=O)O)cc2)n1. The minimum atomic E-state index is -0.861. The van der Waals surface area contributed by atoms with Gasteiger partial charge in [0.1, 0.15) is 0 Å². The second-order valence-electron chi connectivity index (χ2n) is 5.69. The van der Waals surface area contributed by atoms with Crippen LogP contribution in [0.4, 0.5) is 0 Å². The van der Waals surface area contributed by atoms with Crippen molar-refractivity contribution in [2.24, 2.45) is 0 Å². The predicted molar refractivity (Wildman–Crippen MR) is 86.8 cm³/mol. The highest BCUT2D eigenvalue weighted by atomic mass is 16.4. The molecule has 2 rings (SSSR count). The van der Waals surface area contributed by atoms with E-state index >= 15 is 0 Å². The van der Waals surface area contributed by atoms with Crippen molar-refractivity contribution in [3.05, 3.63) is 47.3 Å². The summed E-state index contributed by atoms with van der Waals surface area (Å²) < 4.78 is 1.83. The van der Waals surface area contributed by atoms with Gasteiger partial charge < -0.3 is 10.4 Å². The van der Waals surface area contributed by atoms with Gasteiger partial charge in [0.15, 0.2) is 0 Å². The van der Waals surface area contributed by atoms with Gasteiger partial charge in [-0.05, 0) is 57.5 Å². The molecular formula is C17H21N3O3.